The van der Waals surface area contributed by atoms with E-state index in [9.17, 15) is 9.59 Å². The van der Waals surface area contributed by atoms with Gasteiger partial charge in [-0.05, 0) is 81.6 Å². The van der Waals surface area contributed by atoms with Crippen molar-refractivity contribution in [2.45, 2.75) is 63.0 Å². The van der Waals surface area contributed by atoms with Gasteiger partial charge in [0.25, 0.3) is 5.91 Å². The molecule has 2 heterocycles. The van der Waals surface area contributed by atoms with Crippen molar-refractivity contribution in [1.29, 1.82) is 0 Å². The largest absolute Gasteiger partial charge is 0.493 e. The van der Waals surface area contributed by atoms with Gasteiger partial charge in [-0.2, -0.15) is 0 Å². The van der Waals surface area contributed by atoms with Crippen LogP contribution in [-0.4, -0.2) is 74.2 Å². The lowest BCUT2D eigenvalue weighted by atomic mass is 9.61. The standard InChI is InChI=1S/C36H43Cl2N3O5/c1-6-40-16-14-35(34(39)43,25-10-8-7-9-11-25)21-31(40)36(26-12-13-27(37)28(38)20-26)15-17-41(22-36)33(42)24-18-29(44-4)32(46-23(2)3)30(19-24)45-5/h7-13,18-20,23,31H,6,14-17,21-22H2,1-5H3,(H2,39,43). The van der Waals surface area contributed by atoms with Crippen LogP contribution >= 0.6 is 23.2 Å². The summed E-state index contributed by atoms with van der Waals surface area (Å²) >= 11 is 13.0. The number of nitrogens with zero attached hydrogens (tertiary/aromatic N) is 2. The number of carbonyl (C=O) groups excluding carboxylic acids is 2. The molecule has 8 nitrogen and oxygen atoms in total. The number of likely N-dealkylation sites (tertiary alicyclic amines) is 2. The molecule has 2 fully saturated rings. The summed E-state index contributed by atoms with van der Waals surface area (Å²) in [5, 5.41) is 0.905. The number of rotatable bonds is 10. The maximum absolute atomic E-state index is 14.3. The Hall–Kier alpha value is -3.46. The smallest absolute Gasteiger partial charge is 0.254 e. The lowest BCUT2D eigenvalue weighted by Gasteiger charge is -2.52. The first kappa shape index (κ1) is 33.9. The highest BCUT2D eigenvalue weighted by Gasteiger charge is 2.55. The average molecular weight is 669 g/mol. The van der Waals surface area contributed by atoms with Crippen LogP contribution in [0.3, 0.4) is 0 Å². The highest BCUT2D eigenvalue weighted by Crippen LogP contribution is 2.50. The third kappa shape index (κ3) is 6.15. The van der Waals surface area contributed by atoms with E-state index in [1.165, 1.54) is 0 Å². The summed E-state index contributed by atoms with van der Waals surface area (Å²) in [5.74, 6) is 0.803. The molecule has 2 N–H and O–H groups in total. The van der Waals surface area contributed by atoms with E-state index in [1.54, 1.807) is 26.4 Å². The molecule has 2 saturated heterocycles. The molecule has 246 valence electrons. The van der Waals surface area contributed by atoms with E-state index in [0.717, 1.165) is 17.7 Å². The van der Waals surface area contributed by atoms with Crippen molar-refractivity contribution >= 4 is 35.0 Å². The first-order chi connectivity index (χ1) is 22.0. The van der Waals surface area contributed by atoms with Crippen LogP contribution < -0.4 is 19.9 Å². The van der Waals surface area contributed by atoms with Gasteiger partial charge in [0.2, 0.25) is 11.7 Å². The van der Waals surface area contributed by atoms with Crippen molar-refractivity contribution in [2.24, 2.45) is 5.73 Å². The zero-order valence-corrected chi connectivity index (χ0v) is 28.7. The maximum Gasteiger partial charge on any atom is 0.254 e. The van der Waals surface area contributed by atoms with Crippen LogP contribution in [0.15, 0.2) is 60.7 Å². The van der Waals surface area contributed by atoms with Crippen molar-refractivity contribution < 1.29 is 23.8 Å². The number of primary amides is 1. The summed E-state index contributed by atoms with van der Waals surface area (Å²) in [5.41, 5.74) is 7.17. The third-order valence-electron chi connectivity index (χ3n) is 9.79. The highest BCUT2D eigenvalue weighted by molar-refractivity contribution is 6.42. The average Bonchev–Trinajstić information content (AvgIpc) is 3.52. The van der Waals surface area contributed by atoms with E-state index < -0.39 is 10.8 Å². The number of piperidine rings is 1. The number of amides is 2. The minimum atomic E-state index is -0.856. The predicted molar refractivity (Wildman–Crippen MR) is 182 cm³/mol. The van der Waals surface area contributed by atoms with Gasteiger partial charge in [0.05, 0.1) is 35.8 Å². The van der Waals surface area contributed by atoms with Crippen LogP contribution in [0.4, 0.5) is 0 Å². The first-order valence-electron chi connectivity index (χ1n) is 15.8. The zero-order valence-electron chi connectivity index (χ0n) is 27.1. The second kappa shape index (κ2) is 13.7. The molecule has 0 radical (unpaired) electrons. The van der Waals surface area contributed by atoms with Crippen molar-refractivity contribution in [1.82, 2.24) is 9.80 Å². The normalized spacial score (nSPS) is 23.4. The minimum Gasteiger partial charge on any atom is -0.493 e. The SMILES string of the molecule is CCN1CCC(C(N)=O)(c2ccccc2)CC1C1(c2ccc(Cl)c(Cl)c2)CCN(C(=O)c2cc(OC)c(OC(C)C)c(OC)c2)C1. The van der Waals surface area contributed by atoms with Crippen LogP contribution in [0.25, 0.3) is 0 Å². The number of likely N-dealkylation sites (N-methyl/N-ethyl adjacent to an activating group) is 1. The third-order valence-corrected chi connectivity index (χ3v) is 10.5. The van der Waals surface area contributed by atoms with Gasteiger partial charge in [-0.25, -0.2) is 0 Å². The molecular formula is C36H43Cl2N3O5. The van der Waals surface area contributed by atoms with Crippen LogP contribution in [0, 0.1) is 0 Å². The Kier molecular flexibility index (Phi) is 10.1. The molecule has 0 bridgehead atoms. The molecule has 5 rings (SSSR count). The van der Waals surface area contributed by atoms with Gasteiger partial charge in [-0.1, -0.05) is 66.5 Å². The Balaban J connectivity index is 1.59. The van der Waals surface area contributed by atoms with Crippen molar-refractivity contribution in [2.75, 3.05) is 40.4 Å². The van der Waals surface area contributed by atoms with Crippen LogP contribution in [0.5, 0.6) is 17.2 Å². The Morgan fingerprint density at radius 3 is 2.17 bits per heavy atom. The van der Waals surface area contributed by atoms with E-state index in [1.807, 2.05) is 67.3 Å². The molecule has 10 heteroatoms. The van der Waals surface area contributed by atoms with Gasteiger partial charge >= 0.3 is 0 Å². The Morgan fingerprint density at radius 2 is 1.61 bits per heavy atom. The molecule has 2 amide bonds. The summed E-state index contributed by atoms with van der Waals surface area (Å²) in [6.45, 7) is 8.33. The molecule has 0 aliphatic carbocycles. The molecule has 46 heavy (non-hydrogen) atoms. The molecule has 3 unspecified atom stereocenters. The molecule has 3 atom stereocenters. The quantitative estimate of drug-likeness (QED) is 0.266. The van der Waals surface area contributed by atoms with Gasteiger partial charge < -0.3 is 24.8 Å². The second-order valence-corrected chi connectivity index (χ2v) is 13.4. The summed E-state index contributed by atoms with van der Waals surface area (Å²) in [7, 11) is 3.09. The van der Waals surface area contributed by atoms with Crippen LogP contribution in [-0.2, 0) is 15.6 Å². The number of carbonyl (C=O) groups is 2. The van der Waals surface area contributed by atoms with Gasteiger partial charge in [-0.3, -0.25) is 14.5 Å². The van der Waals surface area contributed by atoms with Crippen molar-refractivity contribution in [3.05, 3.63) is 87.4 Å². The highest BCUT2D eigenvalue weighted by atomic mass is 35.5. The van der Waals surface area contributed by atoms with E-state index in [2.05, 4.69) is 11.8 Å². The number of nitrogens with two attached hydrogens (primary N) is 1. The number of benzene rings is 3. The Labute approximate surface area is 281 Å². The summed E-state index contributed by atoms with van der Waals surface area (Å²) in [6, 6.07) is 18.8. The van der Waals surface area contributed by atoms with E-state index in [-0.39, 0.29) is 24.0 Å². The Bertz CT molecular complexity index is 1560. The van der Waals surface area contributed by atoms with Gasteiger partial charge in [0, 0.05) is 30.1 Å². The maximum atomic E-state index is 14.3. The molecule has 2 aliphatic rings. The minimum absolute atomic E-state index is 0.116. The zero-order chi connectivity index (χ0) is 33.2. The summed E-state index contributed by atoms with van der Waals surface area (Å²) in [4.78, 5) is 32.0. The number of ether oxygens (including phenoxy) is 3. The van der Waals surface area contributed by atoms with Crippen molar-refractivity contribution in [3.63, 3.8) is 0 Å². The fourth-order valence-electron chi connectivity index (χ4n) is 7.41. The Morgan fingerprint density at radius 1 is 0.935 bits per heavy atom. The van der Waals surface area contributed by atoms with Crippen molar-refractivity contribution in [3.8, 4) is 17.2 Å². The molecule has 3 aromatic rings. The molecule has 3 aromatic carbocycles. The fraction of sp³-hybridized carbons (Fsp3) is 0.444. The first-order valence-corrected chi connectivity index (χ1v) is 16.5. The number of hydrogen-bond donors (Lipinski definition) is 1. The van der Waals surface area contributed by atoms with Gasteiger partial charge in [0.1, 0.15) is 0 Å². The van der Waals surface area contributed by atoms with E-state index in [0.29, 0.717) is 71.8 Å². The lowest BCUT2D eigenvalue weighted by Crippen LogP contribution is -2.61. The number of hydrogen-bond acceptors (Lipinski definition) is 6. The summed E-state index contributed by atoms with van der Waals surface area (Å²) < 4.78 is 17.2. The lowest BCUT2D eigenvalue weighted by molar-refractivity contribution is -0.127. The molecule has 0 saturated carbocycles. The predicted octanol–water partition coefficient (Wildman–Crippen LogP) is 6.49. The van der Waals surface area contributed by atoms with E-state index >= 15 is 0 Å². The van der Waals surface area contributed by atoms with Crippen LogP contribution in [0.2, 0.25) is 10.0 Å². The molecular weight excluding hydrogens is 625 g/mol. The molecule has 0 spiro atoms. The van der Waals surface area contributed by atoms with Crippen LogP contribution in [0.1, 0.15) is 61.5 Å². The van der Waals surface area contributed by atoms with E-state index in [4.69, 9.17) is 43.1 Å². The monoisotopic (exact) mass is 667 g/mol. The van der Waals surface area contributed by atoms with Gasteiger partial charge in [-0.15, -0.1) is 0 Å². The van der Waals surface area contributed by atoms with Gasteiger partial charge in [0.15, 0.2) is 11.5 Å². The summed E-state index contributed by atoms with van der Waals surface area (Å²) in [6.07, 6.45) is 1.66. The topological polar surface area (TPSA) is 94.3 Å². The molecule has 2 aliphatic heterocycles. The second-order valence-electron chi connectivity index (χ2n) is 12.5. The number of methoxy groups -OCH3 is 2. The fourth-order valence-corrected chi connectivity index (χ4v) is 7.71. The molecule has 0 aromatic heterocycles. The number of halogens is 2.